The third-order valence-electron chi connectivity index (χ3n) is 2.88. The Labute approximate surface area is 122 Å². The summed E-state index contributed by atoms with van der Waals surface area (Å²) in [6.07, 6.45) is 1.36. The van der Waals surface area contributed by atoms with Crippen LogP contribution < -0.4 is 5.32 Å². The van der Waals surface area contributed by atoms with E-state index in [0.717, 1.165) is 4.90 Å². The number of carbonyl (C=O) groups is 3. The van der Waals surface area contributed by atoms with Crippen molar-refractivity contribution in [2.75, 3.05) is 13.6 Å². The van der Waals surface area contributed by atoms with Gasteiger partial charge in [0.25, 0.3) is 5.91 Å². The fourth-order valence-electron chi connectivity index (χ4n) is 1.73. The summed E-state index contributed by atoms with van der Waals surface area (Å²) < 4.78 is 4.95. The van der Waals surface area contributed by atoms with Crippen LogP contribution in [0, 0.1) is 5.41 Å². The molecule has 0 aromatic carbocycles. The Morgan fingerprint density at radius 2 is 2.00 bits per heavy atom. The molecule has 0 radical (unpaired) electrons. The standard InChI is InChI=1S/C14H20N2O5/c1-14(2,3)11(13(19)20)15-10(17)8-16(4)12(18)9-6-5-7-21-9/h5-7,11H,8H2,1-4H3,(H,15,17)(H,19,20)/t11-/m1/s1. The zero-order valence-corrected chi connectivity index (χ0v) is 12.5. The fourth-order valence-corrected chi connectivity index (χ4v) is 1.73. The minimum atomic E-state index is -1.11. The predicted octanol–water partition coefficient (Wildman–Crippen LogP) is 0.967. The molecule has 7 heteroatoms. The molecule has 0 saturated carbocycles. The maximum absolute atomic E-state index is 11.9. The Hall–Kier alpha value is -2.31. The Morgan fingerprint density at radius 3 is 2.43 bits per heavy atom. The van der Waals surface area contributed by atoms with Crippen LogP contribution >= 0.6 is 0 Å². The van der Waals surface area contributed by atoms with Gasteiger partial charge in [0.2, 0.25) is 5.91 Å². The Bertz CT molecular complexity index is 516. The van der Waals surface area contributed by atoms with Gasteiger partial charge in [-0.1, -0.05) is 20.8 Å². The molecule has 7 nitrogen and oxygen atoms in total. The second kappa shape index (κ2) is 6.43. The third kappa shape index (κ3) is 4.62. The first-order chi connectivity index (χ1) is 9.62. The number of hydrogen-bond acceptors (Lipinski definition) is 4. The number of hydrogen-bond donors (Lipinski definition) is 2. The van der Waals surface area contributed by atoms with Gasteiger partial charge in [0.05, 0.1) is 12.8 Å². The Morgan fingerprint density at radius 1 is 1.38 bits per heavy atom. The topological polar surface area (TPSA) is 99.9 Å². The first-order valence-electron chi connectivity index (χ1n) is 6.44. The number of furan rings is 1. The van der Waals surface area contributed by atoms with Crippen LogP contribution in [-0.2, 0) is 9.59 Å². The van der Waals surface area contributed by atoms with E-state index in [2.05, 4.69) is 5.32 Å². The average Bonchev–Trinajstić information content (AvgIpc) is 2.86. The van der Waals surface area contributed by atoms with Gasteiger partial charge >= 0.3 is 5.97 Å². The number of amides is 2. The van der Waals surface area contributed by atoms with Crippen molar-refractivity contribution in [2.24, 2.45) is 5.41 Å². The van der Waals surface area contributed by atoms with E-state index in [4.69, 9.17) is 9.52 Å². The van der Waals surface area contributed by atoms with E-state index >= 15 is 0 Å². The summed E-state index contributed by atoms with van der Waals surface area (Å²) in [5, 5.41) is 11.6. The van der Waals surface area contributed by atoms with Crippen LogP contribution in [-0.4, -0.2) is 47.4 Å². The largest absolute Gasteiger partial charge is 0.480 e. The highest BCUT2D eigenvalue weighted by Gasteiger charge is 2.33. The number of aliphatic carboxylic acids is 1. The van der Waals surface area contributed by atoms with Crippen LogP contribution in [0.4, 0.5) is 0 Å². The lowest BCUT2D eigenvalue weighted by Gasteiger charge is -2.28. The molecule has 1 heterocycles. The first-order valence-corrected chi connectivity index (χ1v) is 6.44. The molecule has 116 valence electrons. The molecule has 0 aliphatic heterocycles. The zero-order chi connectivity index (χ0) is 16.2. The zero-order valence-electron chi connectivity index (χ0n) is 12.5. The summed E-state index contributed by atoms with van der Waals surface area (Å²) in [7, 11) is 1.44. The van der Waals surface area contributed by atoms with Crippen molar-refractivity contribution in [3.05, 3.63) is 24.2 Å². The van der Waals surface area contributed by atoms with Gasteiger partial charge < -0.3 is 19.7 Å². The van der Waals surface area contributed by atoms with Gasteiger partial charge in [-0.2, -0.15) is 0 Å². The lowest BCUT2D eigenvalue weighted by Crippen LogP contribution is -2.51. The highest BCUT2D eigenvalue weighted by atomic mass is 16.4. The maximum Gasteiger partial charge on any atom is 0.326 e. The minimum absolute atomic E-state index is 0.121. The molecule has 1 rings (SSSR count). The van der Waals surface area contributed by atoms with Crippen LogP contribution in [0.25, 0.3) is 0 Å². The number of carboxylic acid groups (broad SMARTS) is 1. The first kappa shape index (κ1) is 16.7. The van der Waals surface area contributed by atoms with Crippen molar-refractivity contribution in [2.45, 2.75) is 26.8 Å². The molecule has 0 unspecified atom stereocenters. The summed E-state index contributed by atoms with van der Waals surface area (Å²) in [5.41, 5.74) is -0.634. The maximum atomic E-state index is 11.9. The minimum Gasteiger partial charge on any atom is -0.480 e. The van der Waals surface area contributed by atoms with Gasteiger partial charge in [0.1, 0.15) is 6.04 Å². The smallest absolute Gasteiger partial charge is 0.326 e. The van der Waals surface area contributed by atoms with Crippen LogP contribution in [0.15, 0.2) is 22.8 Å². The lowest BCUT2D eigenvalue weighted by atomic mass is 9.87. The molecule has 1 atom stereocenters. The number of carboxylic acids is 1. The molecule has 21 heavy (non-hydrogen) atoms. The molecule has 0 bridgehead atoms. The molecular weight excluding hydrogens is 276 g/mol. The Balaban J connectivity index is 2.64. The van der Waals surface area contributed by atoms with Crippen molar-refractivity contribution in [3.8, 4) is 0 Å². The van der Waals surface area contributed by atoms with Gasteiger partial charge in [-0.3, -0.25) is 9.59 Å². The molecule has 0 fully saturated rings. The van der Waals surface area contributed by atoms with E-state index in [1.807, 2.05) is 0 Å². The number of likely N-dealkylation sites (N-methyl/N-ethyl adjacent to an activating group) is 1. The molecule has 0 aliphatic rings. The molecule has 1 aromatic heterocycles. The quantitative estimate of drug-likeness (QED) is 0.843. The molecule has 0 saturated heterocycles. The second-order valence-corrected chi connectivity index (χ2v) is 5.84. The Kier molecular flexibility index (Phi) is 5.12. The van der Waals surface area contributed by atoms with Crippen LogP contribution in [0.3, 0.4) is 0 Å². The molecule has 1 aromatic rings. The monoisotopic (exact) mass is 296 g/mol. The fraction of sp³-hybridized carbons (Fsp3) is 0.500. The normalized spacial score (nSPS) is 12.6. The van der Waals surface area contributed by atoms with Gasteiger partial charge in [-0.25, -0.2) is 4.79 Å². The third-order valence-corrected chi connectivity index (χ3v) is 2.88. The van der Waals surface area contributed by atoms with E-state index in [-0.39, 0.29) is 12.3 Å². The summed E-state index contributed by atoms with van der Waals surface area (Å²) >= 11 is 0. The highest BCUT2D eigenvalue weighted by Crippen LogP contribution is 2.19. The van der Waals surface area contributed by atoms with E-state index in [9.17, 15) is 14.4 Å². The van der Waals surface area contributed by atoms with Crippen LogP contribution in [0.1, 0.15) is 31.3 Å². The number of nitrogens with one attached hydrogen (secondary N) is 1. The molecular formula is C14H20N2O5. The summed E-state index contributed by atoms with van der Waals surface area (Å²) in [5.74, 6) is -1.98. The number of carbonyl (C=O) groups excluding carboxylic acids is 2. The summed E-state index contributed by atoms with van der Waals surface area (Å²) in [4.78, 5) is 36.1. The van der Waals surface area contributed by atoms with Gasteiger partial charge in [0, 0.05) is 7.05 Å². The van der Waals surface area contributed by atoms with Crippen LogP contribution in [0.2, 0.25) is 0 Å². The number of rotatable bonds is 5. The van der Waals surface area contributed by atoms with Crippen molar-refractivity contribution in [1.29, 1.82) is 0 Å². The number of nitrogens with zero attached hydrogens (tertiary/aromatic N) is 1. The van der Waals surface area contributed by atoms with Crippen molar-refractivity contribution in [3.63, 3.8) is 0 Å². The molecule has 2 amide bonds. The van der Waals surface area contributed by atoms with E-state index in [1.54, 1.807) is 26.8 Å². The summed E-state index contributed by atoms with van der Waals surface area (Å²) in [6, 6.07) is 2.03. The van der Waals surface area contributed by atoms with E-state index < -0.39 is 29.2 Å². The SMILES string of the molecule is CN(CC(=O)N[C@H](C(=O)O)C(C)(C)C)C(=O)c1ccco1. The predicted molar refractivity (Wildman–Crippen MR) is 74.7 cm³/mol. The molecule has 0 spiro atoms. The highest BCUT2D eigenvalue weighted by molar-refractivity contribution is 5.94. The van der Waals surface area contributed by atoms with Crippen molar-refractivity contribution < 1.29 is 23.9 Å². The lowest BCUT2D eigenvalue weighted by molar-refractivity contribution is -0.145. The van der Waals surface area contributed by atoms with Crippen molar-refractivity contribution in [1.82, 2.24) is 10.2 Å². The van der Waals surface area contributed by atoms with Crippen molar-refractivity contribution >= 4 is 17.8 Å². The summed E-state index contributed by atoms with van der Waals surface area (Å²) in [6.45, 7) is 4.89. The molecule has 2 N–H and O–H groups in total. The second-order valence-electron chi connectivity index (χ2n) is 5.84. The average molecular weight is 296 g/mol. The van der Waals surface area contributed by atoms with Gasteiger partial charge in [-0.05, 0) is 17.5 Å². The van der Waals surface area contributed by atoms with E-state index in [0.29, 0.717) is 0 Å². The molecule has 0 aliphatic carbocycles. The van der Waals surface area contributed by atoms with Crippen LogP contribution in [0.5, 0.6) is 0 Å². The van der Waals surface area contributed by atoms with Gasteiger partial charge in [-0.15, -0.1) is 0 Å². The van der Waals surface area contributed by atoms with E-state index in [1.165, 1.54) is 19.4 Å². The van der Waals surface area contributed by atoms with Gasteiger partial charge in [0.15, 0.2) is 5.76 Å².